The number of para-hydroxylation sites is 1. The highest BCUT2D eigenvalue weighted by Gasteiger charge is 2.23. The van der Waals surface area contributed by atoms with E-state index in [4.69, 9.17) is 21.6 Å². The summed E-state index contributed by atoms with van der Waals surface area (Å²) in [6.45, 7) is 5.32. The SMILES string of the molecule is CCNC(=O)N1CCN(c2nc(-c3ccccc3Cl)nc3ccccc23)CC1. The largest absolute Gasteiger partial charge is 0.352 e. The predicted molar refractivity (Wildman–Crippen MR) is 113 cm³/mol. The first-order chi connectivity index (χ1) is 13.7. The van der Waals surface area contributed by atoms with Crippen molar-refractivity contribution in [1.82, 2.24) is 20.2 Å². The van der Waals surface area contributed by atoms with Crippen LogP contribution in [0, 0.1) is 0 Å². The van der Waals surface area contributed by atoms with E-state index in [0.29, 0.717) is 30.5 Å². The first-order valence-corrected chi connectivity index (χ1v) is 9.84. The summed E-state index contributed by atoms with van der Waals surface area (Å²) in [5.74, 6) is 1.50. The molecule has 3 aromatic rings. The summed E-state index contributed by atoms with van der Waals surface area (Å²) < 4.78 is 0. The topological polar surface area (TPSA) is 61.4 Å². The van der Waals surface area contributed by atoms with Crippen LogP contribution < -0.4 is 10.2 Å². The molecule has 144 valence electrons. The molecule has 4 rings (SSSR count). The lowest BCUT2D eigenvalue weighted by molar-refractivity contribution is 0.195. The minimum Gasteiger partial charge on any atom is -0.352 e. The van der Waals surface area contributed by atoms with E-state index in [-0.39, 0.29) is 6.03 Å². The van der Waals surface area contributed by atoms with Gasteiger partial charge in [-0.2, -0.15) is 0 Å². The van der Waals surface area contributed by atoms with Gasteiger partial charge >= 0.3 is 6.03 Å². The molecule has 1 aliphatic heterocycles. The maximum atomic E-state index is 12.1. The fraction of sp³-hybridized carbons (Fsp3) is 0.286. The maximum Gasteiger partial charge on any atom is 0.317 e. The van der Waals surface area contributed by atoms with Crippen LogP contribution in [0.5, 0.6) is 0 Å². The summed E-state index contributed by atoms with van der Waals surface area (Å²) in [5.41, 5.74) is 1.70. The van der Waals surface area contributed by atoms with Crippen LogP contribution in [0.4, 0.5) is 10.6 Å². The zero-order chi connectivity index (χ0) is 19.5. The molecule has 1 N–H and O–H groups in total. The van der Waals surface area contributed by atoms with Crippen LogP contribution >= 0.6 is 11.6 Å². The van der Waals surface area contributed by atoms with E-state index in [1.807, 2.05) is 60.4 Å². The van der Waals surface area contributed by atoms with Gasteiger partial charge in [0.2, 0.25) is 0 Å². The van der Waals surface area contributed by atoms with Crippen molar-refractivity contribution in [2.75, 3.05) is 37.6 Å². The quantitative estimate of drug-likeness (QED) is 0.732. The van der Waals surface area contributed by atoms with E-state index in [2.05, 4.69) is 10.2 Å². The minimum absolute atomic E-state index is 0.00791. The van der Waals surface area contributed by atoms with Crippen molar-refractivity contribution in [2.24, 2.45) is 0 Å². The number of halogens is 1. The number of amides is 2. The van der Waals surface area contributed by atoms with Crippen LogP contribution in [0.2, 0.25) is 5.02 Å². The zero-order valence-electron chi connectivity index (χ0n) is 15.7. The molecule has 0 bridgehead atoms. The molecule has 2 heterocycles. The lowest BCUT2D eigenvalue weighted by Crippen LogP contribution is -2.52. The monoisotopic (exact) mass is 395 g/mol. The molecule has 2 aromatic carbocycles. The Morgan fingerprint density at radius 1 is 1.04 bits per heavy atom. The second-order valence-corrected chi connectivity index (χ2v) is 7.08. The summed E-state index contributed by atoms with van der Waals surface area (Å²) in [7, 11) is 0. The molecule has 1 fully saturated rings. The van der Waals surface area contributed by atoms with Gasteiger partial charge in [-0.05, 0) is 31.2 Å². The number of fused-ring (bicyclic) bond motifs is 1. The summed E-state index contributed by atoms with van der Waals surface area (Å²) in [4.78, 5) is 25.8. The Bertz CT molecular complexity index is 1000. The summed E-state index contributed by atoms with van der Waals surface area (Å²) >= 11 is 6.39. The molecule has 0 saturated carbocycles. The van der Waals surface area contributed by atoms with Crippen molar-refractivity contribution < 1.29 is 4.79 Å². The van der Waals surface area contributed by atoms with Gasteiger partial charge in [0.25, 0.3) is 0 Å². The fourth-order valence-electron chi connectivity index (χ4n) is 3.45. The smallest absolute Gasteiger partial charge is 0.317 e. The average molecular weight is 396 g/mol. The van der Waals surface area contributed by atoms with Gasteiger partial charge in [0, 0.05) is 43.7 Å². The predicted octanol–water partition coefficient (Wildman–Crippen LogP) is 3.80. The molecule has 6 nitrogen and oxygen atoms in total. The Kier molecular flexibility index (Phi) is 5.30. The molecule has 28 heavy (non-hydrogen) atoms. The van der Waals surface area contributed by atoms with Gasteiger partial charge in [0.15, 0.2) is 5.82 Å². The van der Waals surface area contributed by atoms with Gasteiger partial charge in [-0.15, -0.1) is 0 Å². The highest BCUT2D eigenvalue weighted by molar-refractivity contribution is 6.33. The van der Waals surface area contributed by atoms with Gasteiger partial charge < -0.3 is 15.1 Å². The molecule has 2 amide bonds. The van der Waals surface area contributed by atoms with Crippen LogP contribution in [-0.4, -0.2) is 53.6 Å². The molecule has 1 aliphatic rings. The van der Waals surface area contributed by atoms with E-state index in [0.717, 1.165) is 35.4 Å². The van der Waals surface area contributed by atoms with E-state index >= 15 is 0 Å². The lowest BCUT2D eigenvalue weighted by Gasteiger charge is -2.35. The second-order valence-electron chi connectivity index (χ2n) is 6.68. The van der Waals surface area contributed by atoms with Crippen molar-refractivity contribution in [3.05, 3.63) is 53.6 Å². The number of carbonyl (C=O) groups is 1. The van der Waals surface area contributed by atoms with Gasteiger partial charge in [-0.1, -0.05) is 35.9 Å². The van der Waals surface area contributed by atoms with Crippen molar-refractivity contribution in [3.8, 4) is 11.4 Å². The van der Waals surface area contributed by atoms with Crippen LogP contribution in [0.1, 0.15) is 6.92 Å². The number of piperazine rings is 1. The Hall–Kier alpha value is -2.86. The molecular weight excluding hydrogens is 374 g/mol. The number of hydrogen-bond donors (Lipinski definition) is 1. The molecule has 0 aliphatic carbocycles. The highest BCUT2D eigenvalue weighted by atomic mass is 35.5. The summed E-state index contributed by atoms with van der Waals surface area (Å²) in [6, 6.07) is 15.6. The van der Waals surface area contributed by atoms with Gasteiger partial charge in [-0.25, -0.2) is 14.8 Å². The molecular formula is C21H22ClN5O. The molecule has 0 atom stereocenters. The number of benzene rings is 2. The van der Waals surface area contributed by atoms with E-state index in [1.165, 1.54) is 0 Å². The Labute approximate surface area is 169 Å². The minimum atomic E-state index is -0.00791. The van der Waals surface area contributed by atoms with E-state index in [1.54, 1.807) is 0 Å². The standard InChI is InChI=1S/C21H22ClN5O/c1-2-23-21(28)27-13-11-26(12-14-27)20-16-8-4-6-10-18(16)24-19(25-20)15-7-3-5-9-17(15)22/h3-10H,2,11-14H2,1H3,(H,23,28). The number of carbonyl (C=O) groups excluding carboxylic acids is 1. The van der Waals surface area contributed by atoms with Crippen molar-refractivity contribution >= 4 is 34.4 Å². The summed E-state index contributed by atoms with van der Waals surface area (Å²) in [6.07, 6.45) is 0. The van der Waals surface area contributed by atoms with Gasteiger partial charge in [0.1, 0.15) is 5.82 Å². The van der Waals surface area contributed by atoms with Crippen molar-refractivity contribution in [2.45, 2.75) is 6.92 Å². The van der Waals surface area contributed by atoms with Crippen LogP contribution in [0.25, 0.3) is 22.3 Å². The van der Waals surface area contributed by atoms with Gasteiger partial charge in [0.05, 0.1) is 10.5 Å². The molecule has 1 aromatic heterocycles. The molecule has 0 unspecified atom stereocenters. The Morgan fingerprint density at radius 3 is 2.50 bits per heavy atom. The zero-order valence-corrected chi connectivity index (χ0v) is 16.5. The highest BCUT2D eigenvalue weighted by Crippen LogP contribution is 2.31. The number of aromatic nitrogens is 2. The number of nitrogens with zero attached hydrogens (tertiary/aromatic N) is 4. The van der Waals surface area contributed by atoms with E-state index < -0.39 is 0 Å². The average Bonchev–Trinajstić information content (AvgIpc) is 2.73. The summed E-state index contributed by atoms with van der Waals surface area (Å²) in [5, 5.41) is 4.50. The third-order valence-corrected chi connectivity index (χ3v) is 5.22. The normalized spacial score (nSPS) is 14.4. The third-order valence-electron chi connectivity index (χ3n) is 4.89. The van der Waals surface area contributed by atoms with Crippen molar-refractivity contribution in [3.63, 3.8) is 0 Å². The number of hydrogen-bond acceptors (Lipinski definition) is 4. The van der Waals surface area contributed by atoms with Crippen LogP contribution in [-0.2, 0) is 0 Å². The number of urea groups is 1. The van der Waals surface area contributed by atoms with Crippen LogP contribution in [0.3, 0.4) is 0 Å². The van der Waals surface area contributed by atoms with Crippen LogP contribution in [0.15, 0.2) is 48.5 Å². The van der Waals surface area contributed by atoms with E-state index in [9.17, 15) is 4.79 Å². The first kappa shape index (κ1) is 18.5. The molecule has 1 saturated heterocycles. The Balaban J connectivity index is 1.69. The molecule has 7 heteroatoms. The third kappa shape index (κ3) is 3.60. The number of nitrogens with one attached hydrogen (secondary N) is 1. The number of anilines is 1. The Morgan fingerprint density at radius 2 is 1.75 bits per heavy atom. The second kappa shape index (κ2) is 8.02. The van der Waals surface area contributed by atoms with Crippen molar-refractivity contribution in [1.29, 1.82) is 0 Å². The molecule has 0 spiro atoms. The maximum absolute atomic E-state index is 12.1. The number of rotatable bonds is 3. The molecule has 0 radical (unpaired) electrons. The fourth-order valence-corrected chi connectivity index (χ4v) is 3.67. The first-order valence-electron chi connectivity index (χ1n) is 9.47. The lowest BCUT2D eigenvalue weighted by atomic mass is 10.1. The van der Waals surface area contributed by atoms with Gasteiger partial charge in [-0.3, -0.25) is 0 Å².